The van der Waals surface area contributed by atoms with Gasteiger partial charge in [0, 0.05) is 51.3 Å². The smallest absolute Gasteiger partial charge is 0.0803 e. The van der Waals surface area contributed by atoms with Crippen LogP contribution in [0.5, 0.6) is 0 Å². The minimum atomic E-state index is 1.04. The van der Waals surface area contributed by atoms with E-state index in [1.165, 1.54) is 56.9 Å². The Morgan fingerprint density at radius 2 is 1.11 bits per heavy atom. The predicted molar refractivity (Wildman–Crippen MR) is 158 cm³/mol. The molecule has 3 heterocycles. The first-order valence-electron chi connectivity index (χ1n) is 12.1. The topological polar surface area (TPSA) is 12.9 Å². The van der Waals surface area contributed by atoms with Crippen molar-refractivity contribution in [3.8, 4) is 22.4 Å². The molecule has 8 rings (SSSR count). The second-order valence-electron chi connectivity index (χ2n) is 9.14. The van der Waals surface area contributed by atoms with Crippen molar-refractivity contribution in [3.05, 3.63) is 115 Å². The molecule has 0 fully saturated rings. The van der Waals surface area contributed by atoms with Crippen LogP contribution in [0.25, 0.3) is 73.6 Å². The molecule has 0 saturated carbocycles. The molecule has 0 aliphatic carbocycles. The molecule has 0 aliphatic rings. The van der Waals surface area contributed by atoms with Gasteiger partial charge in [-0.1, -0.05) is 91.0 Å². The van der Waals surface area contributed by atoms with Crippen LogP contribution in [0.4, 0.5) is 0 Å². The molecule has 3 heteroatoms. The van der Waals surface area contributed by atoms with Crippen LogP contribution < -0.4 is 0 Å². The molecule has 0 saturated heterocycles. The number of hydrogen-bond acceptors (Lipinski definition) is 3. The molecule has 8 aromatic rings. The molecule has 168 valence electrons. The van der Waals surface area contributed by atoms with Crippen molar-refractivity contribution in [3.63, 3.8) is 0 Å². The number of fused-ring (bicyclic) bond motifs is 8. The van der Waals surface area contributed by atoms with Crippen molar-refractivity contribution in [2.45, 2.75) is 0 Å². The normalized spacial score (nSPS) is 11.9. The van der Waals surface area contributed by atoms with Crippen molar-refractivity contribution in [2.75, 3.05) is 0 Å². The lowest BCUT2D eigenvalue weighted by Gasteiger charge is -2.10. The molecule has 0 atom stereocenters. The highest BCUT2D eigenvalue weighted by Crippen LogP contribution is 2.44. The van der Waals surface area contributed by atoms with E-state index in [1.807, 2.05) is 22.7 Å². The molecular weight excluding hydrogens is 475 g/mol. The standard InChI is InChI=1S/C33H19NS2/c1-4-16-27-25(12-1)33-30(26-13-3-6-18-29(26)36-33)31(34-27)21-10-7-9-20(19-21)22-14-8-15-24-23-11-2-5-17-28(23)35-32(22)24/h1-19H. The van der Waals surface area contributed by atoms with E-state index in [0.717, 1.165) is 16.8 Å². The molecule has 0 bridgehead atoms. The van der Waals surface area contributed by atoms with Gasteiger partial charge in [0.05, 0.1) is 11.2 Å². The summed E-state index contributed by atoms with van der Waals surface area (Å²) in [5.41, 5.74) is 5.77. The fourth-order valence-electron chi connectivity index (χ4n) is 5.43. The highest BCUT2D eigenvalue weighted by Gasteiger charge is 2.17. The Balaban J connectivity index is 1.42. The van der Waals surface area contributed by atoms with Crippen LogP contribution in [0.15, 0.2) is 115 Å². The average molecular weight is 494 g/mol. The highest BCUT2D eigenvalue weighted by molar-refractivity contribution is 7.27. The maximum absolute atomic E-state index is 5.24. The van der Waals surface area contributed by atoms with Crippen molar-refractivity contribution in [2.24, 2.45) is 0 Å². The van der Waals surface area contributed by atoms with E-state index in [2.05, 4.69) is 115 Å². The van der Waals surface area contributed by atoms with E-state index in [-0.39, 0.29) is 0 Å². The summed E-state index contributed by atoms with van der Waals surface area (Å²) < 4.78 is 5.29. The van der Waals surface area contributed by atoms with E-state index in [1.54, 1.807) is 0 Å². The van der Waals surface area contributed by atoms with Crippen molar-refractivity contribution >= 4 is 73.9 Å². The van der Waals surface area contributed by atoms with Crippen LogP contribution >= 0.6 is 22.7 Å². The number of pyridine rings is 1. The molecule has 0 spiro atoms. The SMILES string of the molecule is c1cc(-c2cccc3c2sc2ccccc23)cc(-c2nc3ccccc3c3sc4ccccc4c23)c1. The number of thiophene rings is 2. The van der Waals surface area contributed by atoms with Gasteiger partial charge in [-0.2, -0.15) is 0 Å². The second-order valence-corrected chi connectivity index (χ2v) is 11.2. The Morgan fingerprint density at radius 1 is 0.472 bits per heavy atom. The number of para-hydroxylation sites is 1. The minimum Gasteiger partial charge on any atom is -0.247 e. The predicted octanol–water partition coefficient (Wildman–Crippen LogP) is 10.3. The zero-order valence-electron chi connectivity index (χ0n) is 19.2. The Kier molecular flexibility index (Phi) is 4.33. The number of benzene rings is 5. The van der Waals surface area contributed by atoms with Gasteiger partial charge in [-0.15, -0.1) is 22.7 Å². The van der Waals surface area contributed by atoms with E-state index < -0.39 is 0 Å². The largest absolute Gasteiger partial charge is 0.247 e. The maximum Gasteiger partial charge on any atom is 0.0803 e. The summed E-state index contributed by atoms with van der Waals surface area (Å²) >= 11 is 3.74. The second kappa shape index (κ2) is 7.72. The van der Waals surface area contributed by atoms with E-state index in [9.17, 15) is 0 Å². The summed E-state index contributed by atoms with van der Waals surface area (Å²) in [6.45, 7) is 0. The molecule has 5 aromatic carbocycles. The summed E-state index contributed by atoms with van der Waals surface area (Å²) in [7, 11) is 0. The average Bonchev–Trinajstić information content (AvgIpc) is 3.52. The Bertz CT molecular complexity index is 2110. The van der Waals surface area contributed by atoms with Gasteiger partial charge in [0.25, 0.3) is 0 Å². The van der Waals surface area contributed by atoms with Crippen molar-refractivity contribution < 1.29 is 0 Å². The molecule has 0 aliphatic heterocycles. The van der Waals surface area contributed by atoms with E-state index in [4.69, 9.17) is 4.98 Å². The summed E-state index contributed by atoms with van der Waals surface area (Å²) in [5.74, 6) is 0. The minimum absolute atomic E-state index is 1.04. The number of rotatable bonds is 2. The molecule has 3 aromatic heterocycles. The number of nitrogens with zero attached hydrogens (tertiary/aromatic N) is 1. The molecular formula is C33H19NS2. The zero-order chi connectivity index (χ0) is 23.6. The number of hydrogen-bond donors (Lipinski definition) is 0. The van der Waals surface area contributed by atoms with Gasteiger partial charge in [-0.25, -0.2) is 4.98 Å². The molecule has 1 nitrogen and oxygen atoms in total. The summed E-state index contributed by atoms with van der Waals surface area (Å²) in [5, 5.41) is 6.42. The highest BCUT2D eigenvalue weighted by atomic mass is 32.1. The van der Waals surface area contributed by atoms with Crippen LogP contribution in [0.1, 0.15) is 0 Å². The molecule has 0 N–H and O–H groups in total. The van der Waals surface area contributed by atoms with Crippen LogP contribution in [-0.4, -0.2) is 4.98 Å². The summed E-state index contributed by atoms with van der Waals surface area (Å²) in [6.07, 6.45) is 0. The van der Waals surface area contributed by atoms with Crippen molar-refractivity contribution in [1.29, 1.82) is 0 Å². The summed E-state index contributed by atoms with van der Waals surface area (Å²) in [6, 6.07) is 41.5. The van der Waals surface area contributed by atoms with Crippen molar-refractivity contribution in [1.82, 2.24) is 4.98 Å². The first-order chi connectivity index (χ1) is 17.8. The Labute approximate surface area is 215 Å². The number of aromatic nitrogens is 1. The molecule has 0 radical (unpaired) electrons. The van der Waals surface area contributed by atoms with Gasteiger partial charge in [0.2, 0.25) is 0 Å². The first kappa shape index (κ1) is 20.2. The van der Waals surface area contributed by atoms with Crippen LogP contribution in [0.2, 0.25) is 0 Å². The monoisotopic (exact) mass is 493 g/mol. The quantitative estimate of drug-likeness (QED) is 0.233. The van der Waals surface area contributed by atoms with Gasteiger partial charge in [-0.3, -0.25) is 0 Å². The van der Waals surface area contributed by atoms with Gasteiger partial charge in [-0.05, 0) is 35.4 Å². The Morgan fingerprint density at radius 3 is 2.00 bits per heavy atom. The fraction of sp³-hybridized carbons (Fsp3) is 0. The maximum atomic E-state index is 5.24. The molecule has 0 unspecified atom stereocenters. The van der Waals surface area contributed by atoms with Crippen LogP contribution in [0.3, 0.4) is 0 Å². The van der Waals surface area contributed by atoms with Crippen LogP contribution in [0, 0.1) is 0 Å². The third-order valence-corrected chi connectivity index (χ3v) is 9.49. The lowest BCUT2D eigenvalue weighted by atomic mass is 9.97. The molecule has 0 amide bonds. The fourth-order valence-corrected chi connectivity index (χ4v) is 7.90. The first-order valence-corrected chi connectivity index (χ1v) is 13.7. The lowest BCUT2D eigenvalue weighted by Crippen LogP contribution is -1.89. The molecule has 36 heavy (non-hydrogen) atoms. The lowest BCUT2D eigenvalue weighted by molar-refractivity contribution is 1.43. The van der Waals surface area contributed by atoms with Gasteiger partial charge in [0.1, 0.15) is 0 Å². The zero-order valence-corrected chi connectivity index (χ0v) is 20.9. The van der Waals surface area contributed by atoms with Gasteiger partial charge in [0.15, 0.2) is 0 Å². The third kappa shape index (κ3) is 2.91. The van der Waals surface area contributed by atoms with Gasteiger partial charge < -0.3 is 0 Å². The van der Waals surface area contributed by atoms with E-state index in [0.29, 0.717) is 0 Å². The van der Waals surface area contributed by atoms with Crippen LogP contribution in [-0.2, 0) is 0 Å². The summed E-state index contributed by atoms with van der Waals surface area (Å²) in [4.78, 5) is 5.24. The van der Waals surface area contributed by atoms with E-state index >= 15 is 0 Å². The van der Waals surface area contributed by atoms with Gasteiger partial charge >= 0.3 is 0 Å². The Hall–Kier alpha value is -4.05. The third-order valence-electron chi connectivity index (χ3n) is 7.06.